The summed E-state index contributed by atoms with van der Waals surface area (Å²) in [6.07, 6.45) is 0. The number of nitrogens with zero attached hydrogens (tertiary/aromatic N) is 2. The van der Waals surface area contributed by atoms with Crippen molar-refractivity contribution < 1.29 is 19.0 Å². The average molecular weight is 344 g/mol. The zero-order valence-electron chi connectivity index (χ0n) is 13.9. The molecule has 2 aromatic rings. The molecular weight excluding hydrogens is 323 g/mol. The van der Waals surface area contributed by atoms with Crippen LogP contribution in [0.4, 0.5) is 10.1 Å². The van der Waals surface area contributed by atoms with Crippen LogP contribution in [0, 0.1) is 5.82 Å². The predicted molar refractivity (Wildman–Crippen MR) is 93.1 cm³/mol. The molecule has 0 bridgehead atoms. The summed E-state index contributed by atoms with van der Waals surface area (Å²) in [7, 11) is 0. The van der Waals surface area contributed by atoms with Crippen LogP contribution in [0.2, 0.25) is 0 Å². The standard InChI is InChI=1S/C19H21FN2O3/c20-17-6-1-2-7-18(17)21-8-10-22(11-9-21)19(24)14-25-16-5-3-4-15(12-16)13-23/h1-7,12,23H,8-11,13-14H2. The number of piperazine rings is 1. The number of ether oxygens (including phenoxy) is 1. The zero-order valence-corrected chi connectivity index (χ0v) is 13.9. The van der Waals surface area contributed by atoms with Crippen molar-refractivity contribution in [3.8, 4) is 5.75 Å². The first-order chi connectivity index (χ1) is 12.2. The van der Waals surface area contributed by atoms with Gasteiger partial charge in [0.25, 0.3) is 5.91 Å². The molecule has 0 unspecified atom stereocenters. The molecule has 132 valence electrons. The highest BCUT2D eigenvalue weighted by Gasteiger charge is 2.22. The van der Waals surface area contributed by atoms with E-state index in [9.17, 15) is 9.18 Å². The fourth-order valence-corrected chi connectivity index (χ4v) is 2.87. The van der Waals surface area contributed by atoms with Crippen molar-refractivity contribution in [3.63, 3.8) is 0 Å². The zero-order chi connectivity index (χ0) is 17.6. The van der Waals surface area contributed by atoms with E-state index < -0.39 is 0 Å². The molecule has 6 heteroatoms. The maximum Gasteiger partial charge on any atom is 0.260 e. The summed E-state index contributed by atoms with van der Waals surface area (Å²) in [6, 6.07) is 13.7. The van der Waals surface area contributed by atoms with Gasteiger partial charge in [0.05, 0.1) is 12.3 Å². The topological polar surface area (TPSA) is 53.0 Å². The molecule has 3 rings (SSSR count). The van der Waals surface area contributed by atoms with Crippen LogP contribution in [-0.2, 0) is 11.4 Å². The summed E-state index contributed by atoms with van der Waals surface area (Å²) in [4.78, 5) is 16.0. The van der Waals surface area contributed by atoms with Crippen LogP contribution in [0.1, 0.15) is 5.56 Å². The van der Waals surface area contributed by atoms with Gasteiger partial charge in [-0.2, -0.15) is 0 Å². The summed E-state index contributed by atoms with van der Waals surface area (Å²) in [5, 5.41) is 9.12. The van der Waals surface area contributed by atoms with Crippen LogP contribution in [0.15, 0.2) is 48.5 Å². The summed E-state index contributed by atoms with van der Waals surface area (Å²) >= 11 is 0. The van der Waals surface area contributed by atoms with Crippen LogP contribution in [0.3, 0.4) is 0 Å². The van der Waals surface area contributed by atoms with Crippen LogP contribution < -0.4 is 9.64 Å². The van der Waals surface area contributed by atoms with Gasteiger partial charge in [-0.3, -0.25) is 4.79 Å². The number of aliphatic hydroxyl groups is 1. The quantitative estimate of drug-likeness (QED) is 0.902. The van der Waals surface area contributed by atoms with Gasteiger partial charge < -0.3 is 19.6 Å². The van der Waals surface area contributed by atoms with Crippen molar-refractivity contribution in [3.05, 3.63) is 59.9 Å². The first kappa shape index (κ1) is 17.2. The third kappa shape index (κ3) is 4.28. The number of aliphatic hydroxyl groups excluding tert-OH is 1. The monoisotopic (exact) mass is 344 g/mol. The van der Waals surface area contributed by atoms with E-state index in [-0.39, 0.29) is 24.9 Å². The maximum absolute atomic E-state index is 13.8. The number of para-hydroxylation sites is 1. The molecule has 0 radical (unpaired) electrons. The number of benzene rings is 2. The second kappa shape index (κ2) is 7.98. The van der Waals surface area contributed by atoms with E-state index in [1.165, 1.54) is 6.07 Å². The highest BCUT2D eigenvalue weighted by atomic mass is 19.1. The lowest BCUT2D eigenvalue weighted by atomic mass is 10.2. The Balaban J connectivity index is 1.50. The minimum Gasteiger partial charge on any atom is -0.484 e. The van der Waals surface area contributed by atoms with Crippen molar-refractivity contribution in [2.24, 2.45) is 0 Å². The molecule has 1 amide bonds. The number of carbonyl (C=O) groups excluding carboxylic acids is 1. The van der Waals surface area contributed by atoms with E-state index in [1.807, 2.05) is 11.0 Å². The van der Waals surface area contributed by atoms with E-state index >= 15 is 0 Å². The van der Waals surface area contributed by atoms with Gasteiger partial charge in [0.2, 0.25) is 0 Å². The minimum absolute atomic E-state index is 0.0470. The molecule has 1 aliphatic heterocycles. The van der Waals surface area contributed by atoms with Gasteiger partial charge >= 0.3 is 0 Å². The molecule has 2 aromatic carbocycles. The molecule has 1 N–H and O–H groups in total. The molecule has 1 aliphatic rings. The van der Waals surface area contributed by atoms with E-state index in [0.29, 0.717) is 37.6 Å². The Morgan fingerprint density at radius 2 is 1.84 bits per heavy atom. The first-order valence-electron chi connectivity index (χ1n) is 8.27. The third-order valence-corrected chi connectivity index (χ3v) is 4.27. The molecule has 5 nitrogen and oxygen atoms in total. The Morgan fingerprint density at radius 3 is 2.56 bits per heavy atom. The lowest BCUT2D eigenvalue weighted by molar-refractivity contribution is -0.133. The normalized spacial score (nSPS) is 14.5. The van der Waals surface area contributed by atoms with Crippen molar-refractivity contribution in [1.29, 1.82) is 0 Å². The SMILES string of the molecule is O=C(COc1cccc(CO)c1)N1CCN(c2ccccc2F)CC1. The van der Waals surface area contributed by atoms with Crippen LogP contribution in [-0.4, -0.2) is 48.7 Å². The van der Waals surface area contributed by atoms with E-state index in [2.05, 4.69) is 0 Å². The molecule has 0 saturated carbocycles. The molecule has 1 saturated heterocycles. The largest absolute Gasteiger partial charge is 0.484 e. The summed E-state index contributed by atoms with van der Waals surface area (Å²) in [5.41, 5.74) is 1.31. The number of amides is 1. The number of carbonyl (C=O) groups is 1. The number of rotatable bonds is 5. The third-order valence-electron chi connectivity index (χ3n) is 4.27. The average Bonchev–Trinajstić information content (AvgIpc) is 2.67. The van der Waals surface area contributed by atoms with Crippen molar-refractivity contribution in [2.45, 2.75) is 6.61 Å². The molecule has 0 atom stereocenters. The molecule has 0 aliphatic carbocycles. The number of hydrogen-bond acceptors (Lipinski definition) is 4. The molecule has 0 spiro atoms. The van der Waals surface area contributed by atoms with Gasteiger partial charge in [0.15, 0.2) is 6.61 Å². The smallest absolute Gasteiger partial charge is 0.260 e. The lowest BCUT2D eigenvalue weighted by Crippen LogP contribution is -2.50. The highest BCUT2D eigenvalue weighted by Crippen LogP contribution is 2.20. The lowest BCUT2D eigenvalue weighted by Gasteiger charge is -2.36. The Morgan fingerprint density at radius 1 is 1.08 bits per heavy atom. The van der Waals surface area contributed by atoms with Crippen LogP contribution in [0.5, 0.6) is 5.75 Å². The predicted octanol–water partition coefficient (Wildman–Crippen LogP) is 2.05. The van der Waals surface area contributed by atoms with Gasteiger partial charge in [0, 0.05) is 26.2 Å². The Bertz CT molecular complexity index is 730. The van der Waals surface area contributed by atoms with Gasteiger partial charge in [-0.1, -0.05) is 24.3 Å². The second-order valence-electron chi connectivity index (χ2n) is 5.91. The minimum atomic E-state index is -0.241. The van der Waals surface area contributed by atoms with Crippen LogP contribution in [0.25, 0.3) is 0 Å². The van der Waals surface area contributed by atoms with Crippen molar-refractivity contribution in [2.75, 3.05) is 37.7 Å². The van der Waals surface area contributed by atoms with Crippen LogP contribution >= 0.6 is 0 Å². The van der Waals surface area contributed by atoms with E-state index in [0.717, 1.165) is 5.56 Å². The fourth-order valence-electron chi connectivity index (χ4n) is 2.87. The Kier molecular flexibility index (Phi) is 5.50. The maximum atomic E-state index is 13.8. The van der Waals surface area contributed by atoms with Gasteiger partial charge in [-0.25, -0.2) is 4.39 Å². The second-order valence-corrected chi connectivity index (χ2v) is 5.91. The molecule has 1 fully saturated rings. The number of anilines is 1. The number of hydrogen-bond donors (Lipinski definition) is 1. The Hall–Kier alpha value is -2.60. The van der Waals surface area contributed by atoms with Gasteiger partial charge in [-0.15, -0.1) is 0 Å². The van der Waals surface area contributed by atoms with Crippen molar-refractivity contribution in [1.82, 2.24) is 4.90 Å². The Labute approximate surface area is 146 Å². The van der Waals surface area contributed by atoms with Gasteiger partial charge in [0.1, 0.15) is 11.6 Å². The molecule has 25 heavy (non-hydrogen) atoms. The molecular formula is C19H21FN2O3. The number of halogens is 1. The van der Waals surface area contributed by atoms with E-state index in [1.54, 1.807) is 41.3 Å². The highest BCUT2D eigenvalue weighted by molar-refractivity contribution is 5.78. The molecule has 0 aromatic heterocycles. The summed E-state index contributed by atoms with van der Waals surface area (Å²) < 4.78 is 19.4. The van der Waals surface area contributed by atoms with Crippen molar-refractivity contribution >= 4 is 11.6 Å². The van der Waals surface area contributed by atoms with Gasteiger partial charge in [-0.05, 0) is 29.8 Å². The van der Waals surface area contributed by atoms with E-state index in [4.69, 9.17) is 9.84 Å². The summed E-state index contributed by atoms with van der Waals surface area (Å²) in [6.45, 7) is 2.14. The summed E-state index contributed by atoms with van der Waals surface area (Å²) in [5.74, 6) is 0.224. The molecule has 1 heterocycles. The fraction of sp³-hybridized carbons (Fsp3) is 0.316. The first-order valence-corrected chi connectivity index (χ1v) is 8.27.